The van der Waals surface area contributed by atoms with Gasteiger partial charge in [0, 0.05) is 12.2 Å². The van der Waals surface area contributed by atoms with Gasteiger partial charge in [0.1, 0.15) is 0 Å². The van der Waals surface area contributed by atoms with Gasteiger partial charge >= 0.3 is 0 Å². The minimum absolute atomic E-state index is 0.0600. The number of thioether (sulfide) groups is 1. The molecule has 156 valence electrons. The van der Waals surface area contributed by atoms with Crippen LogP contribution in [0.15, 0.2) is 48.5 Å². The lowest BCUT2D eigenvalue weighted by molar-refractivity contribution is -0.118. The molecule has 0 fully saturated rings. The largest absolute Gasteiger partial charge is 0.353 e. The average molecular weight is 414 g/mol. The van der Waals surface area contributed by atoms with Gasteiger partial charge in [-0.25, -0.2) is 0 Å². The maximum absolute atomic E-state index is 12.2. The number of aryl methyl sites for hydroxylation is 2. The number of benzene rings is 2. The number of hydrogen-bond acceptors (Lipinski definition) is 4. The van der Waals surface area contributed by atoms with E-state index in [1.807, 2.05) is 45.3 Å². The Morgan fingerprint density at radius 2 is 1.59 bits per heavy atom. The maximum atomic E-state index is 12.2. The summed E-state index contributed by atoms with van der Waals surface area (Å²) in [4.78, 5) is 26.3. The summed E-state index contributed by atoms with van der Waals surface area (Å²) in [5.41, 5.74) is 4.40. The zero-order valence-corrected chi connectivity index (χ0v) is 18.5. The fourth-order valence-corrected chi connectivity index (χ4v) is 3.55. The van der Waals surface area contributed by atoms with Crippen molar-refractivity contribution in [3.8, 4) is 0 Å². The molecule has 0 saturated carbocycles. The average Bonchev–Trinajstić information content (AvgIpc) is 2.70. The second-order valence-electron chi connectivity index (χ2n) is 7.29. The van der Waals surface area contributed by atoms with E-state index >= 15 is 0 Å². The summed E-state index contributed by atoms with van der Waals surface area (Å²) in [6, 6.07) is 16.3. The van der Waals surface area contributed by atoms with Crippen LogP contribution in [0, 0.1) is 6.92 Å². The zero-order valence-electron chi connectivity index (χ0n) is 17.7. The van der Waals surface area contributed by atoms with Crippen LogP contribution in [0.25, 0.3) is 0 Å². The molecule has 0 bridgehead atoms. The number of rotatable bonds is 10. The van der Waals surface area contributed by atoms with Crippen LogP contribution < -0.4 is 10.6 Å². The van der Waals surface area contributed by atoms with Gasteiger partial charge in [0.15, 0.2) is 0 Å². The molecule has 0 spiro atoms. The number of hydrogen-bond donors (Lipinski definition) is 2. The standard InChI is InChI=1S/C23H31N3O2S/c1-5-18-8-10-19(11-9-18)21(26(3)4)14-24-22(27)15-29-16-23(28)25-20-12-6-17(2)7-13-20/h6-13,21H,5,14-16H2,1-4H3,(H,24,27)(H,25,28). The minimum Gasteiger partial charge on any atom is -0.353 e. The van der Waals surface area contributed by atoms with Crippen molar-refractivity contribution in [1.82, 2.24) is 10.2 Å². The smallest absolute Gasteiger partial charge is 0.234 e. The summed E-state index contributed by atoms with van der Waals surface area (Å²) in [5, 5.41) is 5.83. The van der Waals surface area contributed by atoms with Crippen LogP contribution in [-0.2, 0) is 16.0 Å². The lowest BCUT2D eigenvalue weighted by Crippen LogP contribution is -2.35. The van der Waals surface area contributed by atoms with Crippen molar-refractivity contribution >= 4 is 29.3 Å². The first-order valence-electron chi connectivity index (χ1n) is 9.85. The second kappa shape index (κ2) is 11.6. The van der Waals surface area contributed by atoms with Crippen LogP contribution >= 0.6 is 11.8 Å². The Kier molecular flexibility index (Phi) is 9.22. The van der Waals surface area contributed by atoms with Crippen molar-refractivity contribution in [2.24, 2.45) is 0 Å². The van der Waals surface area contributed by atoms with Crippen molar-refractivity contribution in [2.45, 2.75) is 26.3 Å². The van der Waals surface area contributed by atoms with Gasteiger partial charge < -0.3 is 15.5 Å². The lowest BCUT2D eigenvalue weighted by atomic mass is 10.0. The molecule has 0 radical (unpaired) electrons. The monoisotopic (exact) mass is 413 g/mol. The molecule has 2 aromatic rings. The summed E-state index contributed by atoms with van der Waals surface area (Å²) < 4.78 is 0. The van der Waals surface area contributed by atoms with Crippen LogP contribution in [0.1, 0.15) is 29.7 Å². The van der Waals surface area contributed by atoms with Gasteiger partial charge in [-0.3, -0.25) is 9.59 Å². The molecule has 1 unspecified atom stereocenters. The summed E-state index contributed by atoms with van der Waals surface area (Å²) in [6.45, 7) is 4.67. The molecular formula is C23H31N3O2S. The summed E-state index contributed by atoms with van der Waals surface area (Å²) >= 11 is 1.31. The van der Waals surface area contributed by atoms with Gasteiger partial charge in [0.05, 0.1) is 17.5 Å². The lowest BCUT2D eigenvalue weighted by Gasteiger charge is -2.25. The predicted molar refractivity (Wildman–Crippen MR) is 122 cm³/mol. The quantitative estimate of drug-likeness (QED) is 0.624. The number of amides is 2. The normalized spacial score (nSPS) is 11.9. The van der Waals surface area contributed by atoms with Crippen LogP contribution in [0.4, 0.5) is 5.69 Å². The van der Waals surface area contributed by atoms with E-state index in [1.54, 1.807) is 0 Å². The highest BCUT2D eigenvalue weighted by Crippen LogP contribution is 2.18. The third-order valence-electron chi connectivity index (χ3n) is 4.69. The van der Waals surface area contributed by atoms with Gasteiger partial charge in [0.2, 0.25) is 11.8 Å². The Morgan fingerprint density at radius 1 is 0.966 bits per heavy atom. The van der Waals surface area contributed by atoms with Crippen molar-refractivity contribution in [2.75, 3.05) is 37.5 Å². The van der Waals surface area contributed by atoms with E-state index in [0.29, 0.717) is 6.54 Å². The van der Waals surface area contributed by atoms with Crippen LogP contribution in [0.3, 0.4) is 0 Å². The van der Waals surface area contributed by atoms with Gasteiger partial charge in [-0.15, -0.1) is 11.8 Å². The highest BCUT2D eigenvalue weighted by atomic mass is 32.2. The third kappa shape index (κ3) is 7.91. The first-order chi connectivity index (χ1) is 13.9. The van der Waals surface area contributed by atoms with Crippen molar-refractivity contribution in [3.05, 3.63) is 65.2 Å². The van der Waals surface area contributed by atoms with Crippen LogP contribution in [0.5, 0.6) is 0 Å². The SMILES string of the molecule is CCc1ccc(C(CNC(=O)CSCC(=O)Nc2ccc(C)cc2)N(C)C)cc1. The number of nitrogens with zero attached hydrogens (tertiary/aromatic N) is 1. The van der Waals surface area contributed by atoms with Gasteiger partial charge in [0.25, 0.3) is 0 Å². The second-order valence-corrected chi connectivity index (χ2v) is 8.27. The molecule has 0 aliphatic heterocycles. The number of anilines is 1. The predicted octanol–water partition coefficient (Wildman–Crippen LogP) is 3.65. The summed E-state index contributed by atoms with van der Waals surface area (Å²) in [7, 11) is 4.02. The molecule has 2 N–H and O–H groups in total. The van der Waals surface area contributed by atoms with E-state index in [0.717, 1.165) is 17.7 Å². The Labute approximate surface area is 178 Å². The van der Waals surface area contributed by atoms with Crippen molar-refractivity contribution in [1.29, 1.82) is 0 Å². The highest BCUT2D eigenvalue weighted by Gasteiger charge is 2.15. The van der Waals surface area contributed by atoms with Gasteiger partial charge in [-0.2, -0.15) is 0 Å². The van der Waals surface area contributed by atoms with Gasteiger partial charge in [-0.1, -0.05) is 48.9 Å². The molecule has 29 heavy (non-hydrogen) atoms. The van der Waals surface area contributed by atoms with E-state index in [4.69, 9.17) is 0 Å². The molecular weight excluding hydrogens is 382 g/mol. The number of nitrogens with one attached hydrogen (secondary N) is 2. The third-order valence-corrected chi connectivity index (χ3v) is 5.62. The highest BCUT2D eigenvalue weighted by molar-refractivity contribution is 8.00. The topological polar surface area (TPSA) is 61.4 Å². The Hall–Kier alpha value is -2.31. The van der Waals surface area contributed by atoms with E-state index in [-0.39, 0.29) is 29.4 Å². The fourth-order valence-electron chi connectivity index (χ4n) is 2.91. The van der Waals surface area contributed by atoms with E-state index in [2.05, 4.69) is 46.7 Å². The maximum Gasteiger partial charge on any atom is 0.234 e. The molecule has 2 amide bonds. The molecule has 1 atom stereocenters. The molecule has 0 aliphatic rings. The molecule has 6 heteroatoms. The van der Waals surface area contributed by atoms with Gasteiger partial charge in [-0.05, 0) is 50.7 Å². The van der Waals surface area contributed by atoms with E-state index in [9.17, 15) is 9.59 Å². The molecule has 0 aromatic heterocycles. The van der Waals surface area contributed by atoms with E-state index < -0.39 is 0 Å². The van der Waals surface area contributed by atoms with Crippen molar-refractivity contribution < 1.29 is 9.59 Å². The molecule has 2 aromatic carbocycles. The number of carbonyl (C=O) groups is 2. The molecule has 0 aliphatic carbocycles. The van der Waals surface area contributed by atoms with Crippen molar-refractivity contribution in [3.63, 3.8) is 0 Å². The number of likely N-dealkylation sites (N-methyl/N-ethyl adjacent to an activating group) is 1. The van der Waals surface area contributed by atoms with Crippen LogP contribution in [-0.4, -0.2) is 48.9 Å². The molecule has 2 rings (SSSR count). The molecule has 0 saturated heterocycles. The first-order valence-corrected chi connectivity index (χ1v) is 11.0. The molecule has 0 heterocycles. The Balaban J connectivity index is 1.74. The fraction of sp³-hybridized carbons (Fsp3) is 0.391. The molecule has 5 nitrogen and oxygen atoms in total. The number of carbonyl (C=O) groups excluding carboxylic acids is 2. The van der Waals surface area contributed by atoms with Crippen LogP contribution in [0.2, 0.25) is 0 Å². The summed E-state index contributed by atoms with van der Waals surface area (Å²) in [6.07, 6.45) is 1.01. The summed E-state index contributed by atoms with van der Waals surface area (Å²) in [5.74, 6) is 0.344. The Morgan fingerprint density at radius 3 is 2.17 bits per heavy atom. The first kappa shape index (κ1) is 23.0. The minimum atomic E-state index is -0.103. The van der Waals surface area contributed by atoms with E-state index in [1.165, 1.54) is 22.9 Å². The zero-order chi connectivity index (χ0) is 21.2. The Bertz CT molecular complexity index is 789.